The maximum Gasteiger partial charge on any atom is 0.359 e. The number of para-hydroxylation sites is 1. The summed E-state index contributed by atoms with van der Waals surface area (Å²) in [6, 6.07) is 13.4. The zero-order valence-corrected chi connectivity index (χ0v) is 15.9. The van der Waals surface area contributed by atoms with E-state index < -0.39 is 5.97 Å². The van der Waals surface area contributed by atoms with Gasteiger partial charge in [-0.25, -0.2) is 9.48 Å². The van der Waals surface area contributed by atoms with Crippen molar-refractivity contribution in [2.24, 2.45) is 0 Å². The molecule has 1 aromatic heterocycles. The predicted octanol–water partition coefficient (Wildman–Crippen LogP) is 4.48. The van der Waals surface area contributed by atoms with Gasteiger partial charge >= 0.3 is 5.97 Å². The standard InChI is InChI=1S/C21H19ClN2O3/c1-3-27-21(25)19-16-10-8-13-12-14(26-2)9-11-15(13)20(16)24(23-19)18-7-5-4-6-17(18)22/h4-7,9,11-12H,3,8,10H2,1-2H3. The van der Waals surface area contributed by atoms with E-state index in [0.717, 1.165) is 40.2 Å². The Hall–Kier alpha value is -2.79. The third kappa shape index (κ3) is 2.98. The molecule has 1 aliphatic carbocycles. The van der Waals surface area contributed by atoms with Crippen LogP contribution in [-0.4, -0.2) is 29.5 Å². The van der Waals surface area contributed by atoms with E-state index in [0.29, 0.717) is 23.7 Å². The van der Waals surface area contributed by atoms with Gasteiger partial charge in [-0.1, -0.05) is 23.7 Å². The summed E-state index contributed by atoms with van der Waals surface area (Å²) in [4.78, 5) is 12.5. The Morgan fingerprint density at radius 1 is 1.22 bits per heavy atom. The van der Waals surface area contributed by atoms with E-state index in [1.54, 1.807) is 18.7 Å². The van der Waals surface area contributed by atoms with Crippen molar-refractivity contribution < 1.29 is 14.3 Å². The minimum absolute atomic E-state index is 0.306. The number of benzene rings is 2. The minimum Gasteiger partial charge on any atom is -0.497 e. The van der Waals surface area contributed by atoms with Crippen LogP contribution in [0.3, 0.4) is 0 Å². The zero-order valence-electron chi connectivity index (χ0n) is 15.2. The summed E-state index contributed by atoms with van der Waals surface area (Å²) in [6.45, 7) is 2.09. The number of rotatable bonds is 4. The molecule has 0 saturated carbocycles. The van der Waals surface area contributed by atoms with Gasteiger partial charge < -0.3 is 9.47 Å². The Bertz CT molecular complexity index is 1030. The third-order valence-corrected chi connectivity index (χ3v) is 5.06. The second kappa shape index (κ2) is 7.08. The molecule has 0 fully saturated rings. The monoisotopic (exact) mass is 382 g/mol. The first kappa shape index (κ1) is 17.6. The van der Waals surface area contributed by atoms with Crippen LogP contribution in [0.2, 0.25) is 5.02 Å². The summed E-state index contributed by atoms with van der Waals surface area (Å²) in [6.07, 6.45) is 1.51. The maximum atomic E-state index is 12.5. The van der Waals surface area contributed by atoms with Crippen LogP contribution < -0.4 is 4.74 Å². The Labute approximate surface area is 162 Å². The average Bonchev–Trinajstić information content (AvgIpc) is 3.08. The second-order valence-corrected chi connectivity index (χ2v) is 6.69. The Kier molecular flexibility index (Phi) is 4.62. The van der Waals surface area contributed by atoms with Crippen molar-refractivity contribution >= 4 is 17.6 Å². The molecular formula is C21H19ClN2O3. The lowest BCUT2D eigenvalue weighted by Crippen LogP contribution is -2.11. The number of esters is 1. The summed E-state index contributed by atoms with van der Waals surface area (Å²) < 4.78 is 12.3. The molecule has 2 aromatic carbocycles. The van der Waals surface area contributed by atoms with Crippen LogP contribution in [0.15, 0.2) is 42.5 Å². The molecule has 0 radical (unpaired) electrons. The van der Waals surface area contributed by atoms with Crippen LogP contribution in [0.4, 0.5) is 0 Å². The average molecular weight is 383 g/mol. The molecule has 0 saturated heterocycles. The number of aromatic nitrogens is 2. The lowest BCUT2D eigenvalue weighted by molar-refractivity contribution is 0.0517. The number of hydrogen-bond donors (Lipinski definition) is 0. The molecular weight excluding hydrogens is 364 g/mol. The van der Waals surface area contributed by atoms with Crippen molar-refractivity contribution in [1.82, 2.24) is 9.78 Å². The van der Waals surface area contributed by atoms with Gasteiger partial charge in [0.05, 0.1) is 30.1 Å². The summed E-state index contributed by atoms with van der Waals surface area (Å²) in [7, 11) is 1.66. The normalized spacial score (nSPS) is 12.3. The first-order valence-electron chi connectivity index (χ1n) is 8.85. The highest BCUT2D eigenvalue weighted by molar-refractivity contribution is 6.32. The van der Waals surface area contributed by atoms with Gasteiger partial charge in [-0.2, -0.15) is 5.10 Å². The molecule has 27 heavy (non-hydrogen) atoms. The van der Waals surface area contributed by atoms with Gasteiger partial charge in [-0.15, -0.1) is 0 Å². The largest absolute Gasteiger partial charge is 0.497 e. The van der Waals surface area contributed by atoms with Crippen LogP contribution >= 0.6 is 11.6 Å². The highest BCUT2D eigenvalue weighted by Gasteiger charge is 2.30. The Balaban J connectivity index is 1.97. The summed E-state index contributed by atoms with van der Waals surface area (Å²) in [5.41, 5.74) is 5.05. The second-order valence-electron chi connectivity index (χ2n) is 6.28. The van der Waals surface area contributed by atoms with Crippen molar-refractivity contribution in [2.45, 2.75) is 19.8 Å². The van der Waals surface area contributed by atoms with Gasteiger partial charge in [0.25, 0.3) is 0 Å². The van der Waals surface area contributed by atoms with Crippen LogP contribution in [0, 0.1) is 0 Å². The minimum atomic E-state index is -0.406. The molecule has 5 nitrogen and oxygen atoms in total. The Morgan fingerprint density at radius 3 is 2.78 bits per heavy atom. The molecule has 0 amide bonds. The summed E-state index contributed by atoms with van der Waals surface area (Å²) in [5, 5.41) is 5.18. The van der Waals surface area contributed by atoms with E-state index in [9.17, 15) is 4.79 Å². The fourth-order valence-electron chi connectivity index (χ4n) is 3.52. The van der Waals surface area contributed by atoms with E-state index in [2.05, 4.69) is 5.10 Å². The van der Waals surface area contributed by atoms with Crippen molar-refractivity contribution in [1.29, 1.82) is 0 Å². The van der Waals surface area contributed by atoms with Crippen LogP contribution in [0.5, 0.6) is 5.75 Å². The molecule has 6 heteroatoms. The van der Waals surface area contributed by atoms with Crippen LogP contribution in [0.1, 0.15) is 28.5 Å². The quantitative estimate of drug-likeness (QED) is 0.624. The molecule has 0 aliphatic heterocycles. The van der Waals surface area contributed by atoms with Crippen LogP contribution in [0.25, 0.3) is 16.9 Å². The van der Waals surface area contributed by atoms with Gasteiger partial charge in [-0.3, -0.25) is 0 Å². The maximum absolute atomic E-state index is 12.5. The molecule has 0 spiro atoms. The van der Waals surface area contributed by atoms with E-state index in [1.165, 1.54) is 0 Å². The first-order valence-corrected chi connectivity index (χ1v) is 9.23. The smallest absolute Gasteiger partial charge is 0.359 e. The Morgan fingerprint density at radius 2 is 2.04 bits per heavy atom. The van der Waals surface area contributed by atoms with E-state index >= 15 is 0 Å². The van der Waals surface area contributed by atoms with Gasteiger partial charge in [-0.05, 0) is 55.7 Å². The molecule has 138 valence electrons. The van der Waals surface area contributed by atoms with Crippen molar-refractivity contribution in [3.8, 4) is 22.7 Å². The summed E-state index contributed by atoms with van der Waals surface area (Å²) in [5.74, 6) is 0.406. The van der Waals surface area contributed by atoms with Gasteiger partial charge in [0.15, 0.2) is 5.69 Å². The molecule has 0 atom stereocenters. The lowest BCUT2D eigenvalue weighted by Gasteiger charge is -2.20. The highest BCUT2D eigenvalue weighted by Crippen LogP contribution is 2.39. The van der Waals surface area contributed by atoms with Gasteiger partial charge in [0, 0.05) is 11.1 Å². The molecule has 0 bridgehead atoms. The van der Waals surface area contributed by atoms with Crippen LogP contribution in [-0.2, 0) is 17.6 Å². The molecule has 0 unspecified atom stereocenters. The molecule has 0 N–H and O–H groups in total. The number of carbonyl (C=O) groups is 1. The van der Waals surface area contributed by atoms with E-state index in [1.807, 2.05) is 42.5 Å². The molecule has 3 aromatic rings. The van der Waals surface area contributed by atoms with E-state index in [4.69, 9.17) is 21.1 Å². The fourth-order valence-corrected chi connectivity index (χ4v) is 3.74. The molecule has 1 heterocycles. The lowest BCUT2D eigenvalue weighted by atomic mass is 9.88. The predicted molar refractivity (Wildman–Crippen MR) is 104 cm³/mol. The third-order valence-electron chi connectivity index (χ3n) is 4.74. The van der Waals surface area contributed by atoms with E-state index in [-0.39, 0.29) is 0 Å². The number of halogens is 1. The zero-order chi connectivity index (χ0) is 19.0. The molecule has 1 aliphatic rings. The van der Waals surface area contributed by atoms with Crippen molar-refractivity contribution in [2.75, 3.05) is 13.7 Å². The number of hydrogen-bond acceptors (Lipinski definition) is 4. The summed E-state index contributed by atoms with van der Waals surface area (Å²) >= 11 is 6.43. The number of nitrogens with zero attached hydrogens (tertiary/aromatic N) is 2. The highest BCUT2D eigenvalue weighted by atomic mass is 35.5. The first-order chi connectivity index (χ1) is 13.1. The number of aryl methyl sites for hydroxylation is 1. The number of ether oxygens (including phenoxy) is 2. The van der Waals surface area contributed by atoms with Crippen molar-refractivity contribution in [3.63, 3.8) is 0 Å². The topological polar surface area (TPSA) is 53.3 Å². The fraction of sp³-hybridized carbons (Fsp3) is 0.238. The number of fused-ring (bicyclic) bond motifs is 3. The SMILES string of the molecule is CCOC(=O)c1nn(-c2ccccc2Cl)c2c1CCc1cc(OC)ccc1-2. The molecule has 4 rings (SSSR count). The van der Waals surface area contributed by atoms with Gasteiger partial charge in [0.1, 0.15) is 5.75 Å². The number of carbonyl (C=O) groups excluding carboxylic acids is 1. The number of methoxy groups -OCH3 is 1. The van der Waals surface area contributed by atoms with Crippen molar-refractivity contribution in [3.05, 3.63) is 64.3 Å². The van der Waals surface area contributed by atoms with Gasteiger partial charge in [0.2, 0.25) is 0 Å².